The first kappa shape index (κ1) is 25.7. The van der Waals surface area contributed by atoms with E-state index in [9.17, 15) is 14.4 Å². The summed E-state index contributed by atoms with van der Waals surface area (Å²) in [6.45, 7) is 1.90. The number of hydrogen-bond acceptors (Lipinski definition) is 8. The van der Waals surface area contributed by atoms with Crippen molar-refractivity contribution in [2.24, 2.45) is 5.92 Å². The molecule has 198 valence electrons. The van der Waals surface area contributed by atoms with Crippen LogP contribution in [0, 0.1) is 5.92 Å². The summed E-state index contributed by atoms with van der Waals surface area (Å²) in [5, 5.41) is 13.9. The van der Waals surface area contributed by atoms with Crippen LogP contribution in [0.15, 0.2) is 48.5 Å². The first-order chi connectivity index (χ1) is 18.5. The van der Waals surface area contributed by atoms with E-state index in [2.05, 4.69) is 33.0 Å². The molecule has 1 aromatic heterocycles. The Morgan fingerprint density at radius 1 is 0.974 bits per heavy atom. The number of likely N-dealkylation sites (tertiary alicyclic amines) is 1. The Morgan fingerprint density at radius 3 is 2.55 bits per heavy atom. The maximum Gasteiger partial charge on any atom is 0.286 e. The van der Waals surface area contributed by atoms with Crippen LogP contribution in [0.5, 0.6) is 11.5 Å². The lowest BCUT2D eigenvalue weighted by atomic mass is 9.93. The number of aromatic nitrogens is 2. The summed E-state index contributed by atoms with van der Waals surface area (Å²) in [5.74, 6) is 0.785. The third-order valence-electron chi connectivity index (χ3n) is 6.62. The quantitative estimate of drug-likeness (QED) is 0.402. The SMILES string of the molecule is O=C(CC1CCN(C(=O)c2nnc(C(=O)Nc3ccc4c(c3)OCO4)s2)CC1)NCCCc1ccccc1. The first-order valence-electron chi connectivity index (χ1n) is 12.7. The van der Waals surface area contributed by atoms with E-state index in [0.717, 1.165) is 37.0 Å². The van der Waals surface area contributed by atoms with Crippen molar-refractivity contribution in [2.45, 2.75) is 32.1 Å². The number of benzene rings is 2. The molecular formula is C27H29N5O5S. The maximum absolute atomic E-state index is 12.9. The van der Waals surface area contributed by atoms with E-state index in [-0.39, 0.29) is 34.5 Å². The smallest absolute Gasteiger partial charge is 0.286 e. The average molecular weight is 536 g/mol. The van der Waals surface area contributed by atoms with Gasteiger partial charge in [0.25, 0.3) is 11.8 Å². The fourth-order valence-electron chi connectivity index (χ4n) is 4.54. The van der Waals surface area contributed by atoms with Gasteiger partial charge in [-0.25, -0.2) is 0 Å². The van der Waals surface area contributed by atoms with Gasteiger partial charge in [-0.2, -0.15) is 0 Å². The lowest BCUT2D eigenvalue weighted by Crippen LogP contribution is -2.39. The molecule has 38 heavy (non-hydrogen) atoms. The zero-order valence-electron chi connectivity index (χ0n) is 20.9. The normalized spacial score (nSPS) is 14.8. The number of nitrogens with zero attached hydrogens (tertiary/aromatic N) is 3. The fourth-order valence-corrected chi connectivity index (χ4v) is 5.24. The second-order valence-corrected chi connectivity index (χ2v) is 10.3. The highest BCUT2D eigenvalue weighted by molar-refractivity contribution is 7.15. The third-order valence-corrected chi connectivity index (χ3v) is 7.53. The molecule has 2 aromatic carbocycles. The van der Waals surface area contributed by atoms with E-state index in [4.69, 9.17) is 9.47 Å². The molecule has 0 unspecified atom stereocenters. The zero-order valence-corrected chi connectivity index (χ0v) is 21.7. The van der Waals surface area contributed by atoms with Crippen LogP contribution in [0.4, 0.5) is 5.69 Å². The second kappa shape index (κ2) is 12.0. The maximum atomic E-state index is 12.9. The zero-order chi connectivity index (χ0) is 26.3. The molecule has 2 aliphatic rings. The second-order valence-electron chi connectivity index (χ2n) is 9.31. The molecule has 1 saturated heterocycles. The Balaban J connectivity index is 1.04. The van der Waals surface area contributed by atoms with Crippen molar-refractivity contribution in [1.29, 1.82) is 0 Å². The molecule has 3 heterocycles. The van der Waals surface area contributed by atoms with E-state index < -0.39 is 5.91 Å². The standard InChI is InChI=1S/C27H29N5O5S/c33-23(28-12-4-7-18-5-2-1-3-6-18)15-19-10-13-32(14-11-19)27(35)26-31-30-25(38-26)24(34)29-20-8-9-21-22(16-20)37-17-36-21/h1-3,5-6,8-9,16,19H,4,7,10-15,17H2,(H,28,33)(H,29,34). The largest absolute Gasteiger partial charge is 0.454 e. The summed E-state index contributed by atoms with van der Waals surface area (Å²) in [7, 11) is 0. The topological polar surface area (TPSA) is 123 Å². The van der Waals surface area contributed by atoms with Crippen molar-refractivity contribution in [3.05, 3.63) is 64.1 Å². The molecular weight excluding hydrogens is 506 g/mol. The number of rotatable bonds is 9. The highest BCUT2D eigenvalue weighted by atomic mass is 32.1. The molecule has 0 atom stereocenters. The molecule has 1 fully saturated rings. The van der Waals surface area contributed by atoms with Gasteiger partial charge in [0.2, 0.25) is 22.7 Å². The monoisotopic (exact) mass is 535 g/mol. The average Bonchev–Trinajstić information content (AvgIpc) is 3.62. The van der Waals surface area contributed by atoms with Crippen LogP contribution in [-0.2, 0) is 11.2 Å². The lowest BCUT2D eigenvalue weighted by Gasteiger charge is -2.31. The molecule has 0 radical (unpaired) electrons. The van der Waals surface area contributed by atoms with Crippen molar-refractivity contribution >= 4 is 34.7 Å². The molecule has 0 bridgehead atoms. The van der Waals surface area contributed by atoms with Gasteiger partial charge in [-0.3, -0.25) is 14.4 Å². The van der Waals surface area contributed by atoms with Crippen LogP contribution >= 0.6 is 11.3 Å². The Labute approximate surface area is 224 Å². The molecule has 0 aliphatic carbocycles. The molecule has 2 N–H and O–H groups in total. The van der Waals surface area contributed by atoms with Crippen LogP contribution in [0.2, 0.25) is 0 Å². The number of carbonyl (C=O) groups is 3. The summed E-state index contributed by atoms with van der Waals surface area (Å²) >= 11 is 0.963. The summed E-state index contributed by atoms with van der Waals surface area (Å²) < 4.78 is 10.6. The van der Waals surface area contributed by atoms with Crippen molar-refractivity contribution < 1.29 is 23.9 Å². The minimum absolute atomic E-state index is 0.0603. The number of carbonyl (C=O) groups excluding carboxylic acids is 3. The van der Waals surface area contributed by atoms with E-state index in [1.54, 1.807) is 23.1 Å². The van der Waals surface area contributed by atoms with Gasteiger partial charge in [-0.1, -0.05) is 41.7 Å². The van der Waals surface area contributed by atoms with Crippen molar-refractivity contribution in [2.75, 3.05) is 31.7 Å². The number of aryl methyl sites for hydroxylation is 1. The van der Waals surface area contributed by atoms with Crippen LogP contribution in [0.1, 0.15) is 50.9 Å². The number of amides is 3. The van der Waals surface area contributed by atoms with Gasteiger partial charge in [0.05, 0.1) is 0 Å². The van der Waals surface area contributed by atoms with Crippen molar-refractivity contribution in [3.63, 3.8) is 0 Å². The van der Waals surface area contributed by atoms with E-state index in [1.165, 1.54) is 5.56 Å². The molecule has 5 rings (SSSR count). The van der Waals surface area contributed by atoms with E-state index >= 15 is 0 Å². The molecule has 3 amide bonds. The van der Waals surface area contributed by atoms with Crippen LogP contribution in [-0.4, -0.2) is 59.2 Å². The van der Waals surface area contributed by atoms with Gasteiger partial charge >= 0.3 is 0 Å². The summed E-state index contributed by atoms with van der Waals surface area (Å²) in [6.07, 6.45) is 3.81. The molecule has 10 nitrogen and oxygen atoms in total. The van der Waals surface area contributed by atoms with Crippen molar-refractivity contribution in [1.82, 2.24) is 20.4 Å². The van der Waals surface area contributed by atoms with Crippen molar-refractivity contribution in [3.8, 4) is 11.5 Å². The van der Waals surface area contributed by atoms with Gasteiger partial charge in [-0.15, -0.1) is 10.2 Å². The molecule has 0 saturated carbocycles. The predicted octanol–water partition coefficient (Wildman–Crippen LogP) is 3.51. The van der Waals surface area contributed by atoms with Crippen LogP contribution in [0.3, 0.4) is 0 Å². The number of nitrogens with one attached hydrogen (secondary N) is 2. The molecule has 2 aliphatic heterocycles. The Hall–Kier alpha value is -3.99. The van der Waals surface area contributed by atoms with Gasteiger partial charge in [0, 0.05) is 37.8 Å². The predicted molar refractivity (Wildman–Crippen MR) is 141 cm³/mol. The molecule has 3 aromatic rings. The number of piperidine rings is 1. The minimum Gasteiger partial charge on any atom is -0.454 e. The summed E-state index contributed by atoms with van der Waals surface area (Å²) in [4.78, 5) is 39.6. The summed E-state index contributed by atoms with van der Waals surface area (Å²) in [6, 6.07) is 15.3. The van der Waals surface area contributed by atoms with Gasteiger partial charge < -0.3 is 25.0 Å². The Bertz CT molecular complexity index is 1290. The highest BCUT2D eigenvalue weighted by Crippen LogP contribution is 2.34. The first-order valence-corrected chi connectivity index (χ1v) is 13.5. The third kappa shape index (κ3) is 6.46. The highest BCUT2D eigenvalue weighted by Gasteiger charge is 2.28. The summed E-state index contributed by atoms with van der Waals surface area (Å²) in [5.41, 5.74) is 1.80. The minimum atomic E-state index is -0.450. The number of ether oxygens (including phenoxy) is 2. The van der Waals surface area contributed by atoms with Gasteiger partial charge in [0.1, 0.15) is 0 Å². The Morgan fingerprint density at radius 2 is 1.74 bits per heavy atom. The van der Waals surface area contributed by atoms with E-state index in [1.807, 2.05) is 18.2 Å². The molecule has 11 heteroatoms. The number of anilines is 1. The van der Waals surface area contributed by atoms with Crippen LogP contribution < -0.4 is 20.1 Å². The van der Waals surface area contributed by atoms with E-state index in [0.29, 0.717) is 43.2 Å². The van der Waals surface area contributed by atoms with Crippen LogP contribution in [0.25, 0.3) is 0 Å². The number of hydrogen-bond donors (Lipinski definition) is 2. The van der Waals surface area contributed by atoms with Gasteiger partial charge in [0.15, 0.2) is 11.5 Å². The van der Waals surface area contributed by atoms with Gasteiger partial charge in [-0.05, 0) is 49.3 Å². The number of fused-ring (bicyclic) bond motifs is 1. The fraction of sp³-hybridized carbons (Fsp3) is 0.370. The molecule has 0 spiro atoms. The Kier molecular flexibility index (Phi) is 8.12. The lowest BCUT2D eigenvalue weighted by molar-refractivity contribution is -0.122.